The highest BCUT2D eigenvalue weighted by molar-refractivity contribution is 7.80. The van der Waals surface area contributed by atoms with Gasteiger partial charge in [-0.25, -0.2) is 4.79 Å². The van der Waals surface area contributed by atoms with Gasteiger partial charge in [0, 0.05) is 24.8 Å². The molecular weight excluding hydrogens is 380 g/mol. The number of amides is 2. The first-order valence-corrected chi connectivity index (χ1v) is 10.7. The molecular formula is C19H36N4O4S. The van der Waals surface area contributed by atoms with Gasteiger partial charge < -0.3 is 26.4 Å². The van der Waals surface area contributed by atoms with Crippen molar-refractivity contribution in [2.24, 2.45) is 17.6 Å². The SMILES string of the molecule is CCC(C)[C@H](NC[C@@H](NC(=O)[C@@H](N)CS)C(C)CC)C(=O)N[C@H]1CCOC1=O. The van der Waals surface area contributed by atoms with Crippen molar-refractivity contribution in [2.45, 2.75) is 71.1 Å². The number of thiol groups is 1. The lowest BCUT2D eigenvalue weighted by atomic mass is 9.95. The number of ether oxygens (including phenoxy) is 1. The van der Waals surface area contributed by atoms with Crippen molar-refractivity contribution in [2.75, 3.05) is 18.9 Å². The first-order chi connectivity index (χ1) is 13.2. The van der Waals surface area contributed by atoms with E-state index in [0.717, 1.165) is 12.8 Å². The Balaban J connectivity index is 2.77. The molecule has 8 nitrogen and oxygen atoms in total. The van der Waals surface area contributed by atoms with Gasteiger partial charge in [0.25, 0.3) is 0 Å². The molecule has 0 radical (unpaired) electrons. The summed E-state index contributed by atoms with van der Waals surface area (Å²) in [5, 5.41) is 9.05. The fourth-order valence-corrected chi connectivity index (χ4v) is 3.15. The Hall–Kier alpha value is -1.32. The standard InChI is InChI=1S/C19H36N4O4S/c1-5-11(3)15(23-17(24)13(20)10-28)9-21-16(12(4)6-2)18(25)22-14-7-8-27-19(14)26/h11-16,21,28H,5-10,20H2,1-4H3,(H,22,25)(H,23,24)/t11?,12?,13-,14-,15+,16-/m0/s1. The minimum Gasteiger partial charge on any atom is -0.464 e. The summed E-state index contributed by atoms with van der Waals surface area (Å²) in [5.74, 6) is -0.331. The zero-order chi connectivity index (χ0) is 21.3. The molecule has 6 atom stereocenters. The van der Waals surface area contributed by atoms with Gasteiger partial charge in [-0.2, -0.15) is 12.6 Å². The van der Waals surface area contributed by atoms with E-state index < -0.39 is 18.1 Å². The second-order valence-corrected chi connectivity index (χ2v) is 7.94. The summed E-state index contributed by atoms with van der Waals surface area (Å²) in [6, 6.07) is -1.89. The van der Waals surface area contributed by atoms with E-state index in [4.69, 9.17) is 10.5 Å². The molecule has 5 N–H and O–H groups in total. The first-order valence-electron chi connectivity index (χ1n) is 10.1. The van der Waals surface area contributed by atoms with Gasteiger partial charge in [-0.15, -0.1) is 0 Å². The van der Waals surface area contributed by atoms with E-state index in [1.54, 1.807) is 0 Å². The minimum absolute atomic E-state index is 0.0606. The van der Waals surface area contributed by atoms with Crippen LogP contribution in [0.5, 0.6) is 0 Å². The summed E-state index contributed by atoms with van der Waals surface area (Å²) in [6.45, 7) is 8.85. The second kappa shape index (κ2) is 12.3. The first kappa shape index (κ1) is 24.7. The number of nitrogens with two attached hydrogens (primary N) is 1. The van der Waals surface area contributed by atoms with Crippen LogP contribution >= 0.6 is 12.6 Å². The highest BCUT2D eigenvalue weighted by Gasteiger charge is 2.33. The minimum atomic E-state index is -0.670. The number of nitrogens with one attached hydrogen (secondary N) is 3. The number of carbonyl (C=O) groups is 3. The average molecular weight is 417 g/mol. The van der Waals surface area contributed by atoms with E-state index in [1.165, 1.54) is 0 Å². The van der Waals surface area contributed by atoms with E-state index in [9.17, 15) is 14.4 Å². The zero-order valence-corrected chi connectivity index (χ0v) is 18.3. The highest BCUT2D eigenvalue weighted by Crippen LogP contribution is 2.13. The quantitative estimate of drug-likeness (QED) is 0.229. The van der Waals surface area contributed by atoms with Crippen molar-refractivity contribution in [1.82, 2.24) is 16.0 Å². The normalized spacial score (nSPS) is 21.9. The Labute approximate surface area is 173 Å². The van der Waals surface area contributed by atoms with Gasteiger partial charge in [0.05, 0.1) is 18.7 Å². The Morgan fingerprint density at radius 2 is 1.86 bits per heavy atom. The summed E-state index contributed by atoms with van der Waals surface area (Å²) in [5.41, 5.74) is 5.77. The lowest BCUT2D eigenvalue weighted by Crippen LogP contribution is -2.57. The van der Waals surface area contributed by atoms with Crippen LogP contribution in [-0.2, 0) is 19.1 Å². The fourth-order valence-electron chi connectivity index (χ4n) is 2.98. The third-order valence-corrected chi connectivity index (χ3v) is 5.89. The van der Waals surface area contributed by atoms with Gasteiger partial charge in [0.15, 0.2) is 0 Å². The van der Waals surface area contributed by atoms with Crippen molar-refractivity contribution in [3.63, 3.8) is 0 Å². The fraction of sp³-hybridized carbons (Fsp3) is 0.842. The molecule has 1 heterocycles. The molecule has 1 aliphatic rings. The average Bonchev–Trinajstić information content (AvgIpc) is 3.09. The molecule has 0 spiro atoms. The van der Waals surface area contributed by atoms with Gasteiger partial charge in [0.1, 0.15) is 6.04 Å². The maximum absolute atomic E-state index is 12.8. The van der Waals surface area contributed by atoms with Crippen molar-refractivity contribution in [3.8, 4) is 0 Å². The molecule has 2 unspecified atom stereocenters. The third kappa shape index (κ3) is 7.25. The molecule has 1 aliphatic heterocycles. The monoisotopic (exact) mass is 416 g/mol. The molecule has 1 saturated heterocycles. The number of hydrogen-bond acceptors (Lipinski definition) is 7. The number of cyclic esters (lactones) is 1. The highest BCUT2D eigenvalue weighted by atomic mass is 32.1. The van der Waals surface area contributed by atoms with Crippen LogP contribution in [0.4, 0.5) is 0 Å². The summed E-state index contributed by atoms with van der Waals surface area (Å²) in [4.78, 5) is 36.6. The number of rotatable bonds is 12. The van der Waals surface area contributed by atoms with E-state index in [2.05, 4.69) is 28.6 Å². The molecule has 0 saturated carbocycles. The van der Waals surface area contributed by atoms with Crippen LogP contribution in [0.15, 0.2) is 0 Å². The lowest BCUT2D eigenvalue weighted by Gasteiger charge is -2.30. The number of hydrogen-bond donors (Lipinski definition) is 5. The second-order valence-electron chi connectivity index (χ2n) is 7.58. The summed E-state index contributed by atoms with van der Waals surface area (Å²) < 4.78 is 4.91. The predicted octanol–water partition coefficient (Wildman–Crippen LogP) is 0.210. The zero-order valence-electron chi connectivity index (χ0n) is 17.4. The van der Waals surface area contributed by atoms with Crippen LogP contribution in [0.25, 0.3) is 0 Å². The molecule has 0 aromatic carbocycles. The molecule has 0 bridgehead atoms. The summed E-state index contributed by atoms with van der Waals surface area (Å²) in [7, 11) is 0. The van der Waals surface area contributed by atoms with Crippen LogP contribution in [-0.4, -0.2) is 60.9 Å². The molecule has 162 valence electrons. The number of carbonyl (C=O) groups excluding carboxylic acids is 3. The maximum Gasteiger partial charge on any atom is 0.328 e. The van der Waals surface area contributed by atoms with Crippen molar-refractivity contribution in [3.05, 3.63) is 0 Å². The van der Waals surface area contributed by atoms with Crippen LogP contribution < -0.4 is 21.7 Å². The van der Waals surface area contributed by atoms with Gasteiger partial charge in [-0.3, -0.25) is 9.59 Å². The molecule has 0 aromatic rings. The van der Waals surface area contributed by atoms with Crippen LogP contribution in [0.1, 0.15) is 47.0 Å². The third-order valence-electron chi connectivity index (χ3n) is 5.50. The molecule has 9 heteroatoms. The topological polar surface area (TPSA) is 123 Å². The van der Waals surface area contributed by atoms with Gasteiger partial charge >= 0.3 is 5.97 Å². The van der Waals surface area contributed by atoms with E-state index in [0.29, 0.717) is 19.6 Å². The molecule has 28 heavy (non-hydrogen) atoms. The Morgan fingerprint density at radius 3 is 2.36 bits per heavy atom. The Morgan fingerprint density at radius 1 is 1.21 bits per heavy atom. The van der Waals surface area contributed by atoms with Crippen LogP contribution in [0.3, 0.4) is 0 Å². The van der Waals surface area contributed by atoms with E-state index >= 15 is 0 Å². The number of esters is 1. The molecule has 1 rings (SSSR count). The van der Waals surface area contributed by atoms with Gasteiger partial charge in [-0.1, -0.05) is 40.5 Å². The van der Waals surface area contributed by atoms with Crippen LogP contribution in [0, 0.1) is 11.8 Å². The lowest BCUT2D eigenvalue weighted by molar-refractivity contribution is -0.141. The molecule has 0 aromatic heterocycles. The molecule has 0 aliphatic carbocycles. The Bertz CT molecular complexity index is 534. The van der Waals surface area contributed by atoms with Crippen molar-refractivity contribution >= 4 is 30.4 Å². The van der Waals surface area contributed by atoms with Crippen LogP contribution in [0.2, 0.25) is 0 Å². The van der Waals surface area contributed by atoms with Crippen molar-refractivity contribution in [1.29, 1.82) is 0 Å². The smallest absolute Gasteiger partial charge is 0.328 e. The van der Waals surface area contributed by atoms with Gasteiger partial charge in [0.2, 0.25) is 11.8 Å². The summed E-state index contributed by atoms with van der Waals surface area (Å²) >= 11 is 4.07. The largest absolute Gasteiger partial charge is 0.464 e. The molecule has 1 fully saturated rings. The Kier molecular flexibility index (Phi) is 10.8. The predicted molar refractivity (Wildman–Crippen MR) is 112 cm³/mol. The summed E-state index contributed by atoms with van der Waals surface area (Å²) in [6.07, 6.45) is 2.16. The van der Waals surface area contributed by atoms with E-state index in [1.807, 2.05) is 27.7 Å². The van der Waals surface area contributed by atoms with E-state index in [-0.39, 0.29) is 41.4 Å². The molecule has 2 amide bonds. The van der Waals surface area contributed by atoms with Gasteiger partial charge in [-0.05, 0) is 11.8 Å². The van der Waals surface area contributed by atoms with Crippen molar-refractivity contribution < 1.29 is 19.1 Å². The maximum atomic E-state index is 12.8.